The van der Waals surface area contributed by atoms with E-state index in [1.165, 1.54) is 0 Å². The van der Waals surface area contributed by atoms with Crippen molar-refractivity contribution in [3.05, 3.63) is 23.1 Å². The predicted molar refractivity (Wildman–Crippen MR) is 31.2 cm³/mol. The average Bonchev–Trinajstić information content (AvgIpc) is 1.87. The molecule has 5 heteroatoms. The van der Waals surface area contributed by atoms with Gasteiger partial charge < -0.3 is 4.74 Å². The molecule has 0 aliphatic rings. The Labute approximate surface area is 60.5 Å². The molecule has 0 saturated carbocycles. The van der Waals surface area contributed by atoms with Crippen LogP contribution in [0, 0.1) is 0 Å². The zero-order chi connectivity index (χ0) is 7.28. The smallest absolute Gasteiger partial charge is 0.291 e. The number of hydrogen-bond donors (Lipinski definition) is 0. The molecule has 0 aliphatic carbocycles. The number of halogens is 4. The molecule has 0 spiro atoms. The lowest BCUT2D eigenvalue weighted by atomic mass is 11.0. The maximum atomic E-state index is 11.7. The normalized spacial score (nSPS) is 13.8. The van der Waals surface area contributed by atoms with Crippen molar-refractivity contribution in [2.45, 2.75) is 0 Å². The Bertz CT molecular complexity index is 128. The second-order valence-corrected chi connectivity index (χ2v) is 1.36. The molecule has 0 bridgehead atoms. The van der Waals surface area contributed by atoms with Crippen molar-refractivity contribution in [1.29, 1.82) is 0 Å². The first-order valence-electron chi connectivity index (χ1n) is 1.80. The second kappa shape index (κ2) is 4.58. The summed E-state index contributed by atoms with van der Waals surface area (Å²) in [6.45, 7) is 0. The molecule has 1 nitrogen and oxygen atoms in total. The van der Waals surface area contributed by atoms with Gasteiger partial charge in [-0.25, -0.2) is 0 Å². The van der Waals surface area contributed by atoms with Crippen molar-refractivity contribution >= 4 is 23.2 Å². The minimum absolute atomic E-state index is 0.444. The molecule has 0 aliphatic heterocycles. The van der Waals surface area contributed by atoms with E-state index < -0.39 is 12.0 Å². The van der Waals surface area contributed by atoms with E-state index in [-0.39, 0.29) is 0 Å². The highest BCUT2D eigenvalue weighted by molar-refractivity contribution is 6.25. The Hall–Kier alpha value is -0.280. The molecule has 0 aromatic heterocycles. The molecular formula is C4H2Cl2F2O. The van der Waals surface area contributed by atoms with Crippen LogP contribution in [0.5, 0.6) is 0 Å². The Morgan fingerprint density at radius 2 is 1.44 bits per heavy atom. The summed E-state index contributed by atoms with van der Waals surface area (Å²) in [6.07, 6.45) is 0. The van der Waals surface area contributed by atoms with E-state index in [1.807, 2.05) is 0 Å². The van der Waals surface area contributed by atoms with Gasteiger partial charge in [0.1, 0.15) is 0 Å². The summed E-state index contributed by atoms with van der Waals surface area (Å²) >= 11 is 9.51. The van der Waals surface area contributed by atoms with Crippen LogP contribution >= 0.6 is 23.2 Å². The van der Waals surface area contributed by atoms with E-state index in [0.717, 1.165) is 0 Å². The Morgan fingerprint density at radius 3 is 1.67 bits per heavy atom. The molecule has 0 aromatic carbocycles. The monoisotopic (exact) mass is 174 g/mol. The van der Waals surface area contributed by atoms with Gasteiger partial charge in [0.05, 0.1) is 11.1 Å². The Morgan fingerprint density at radius 1 is 1.11 bits per heavy atom. The fourth-order valence-electron chi connectivity index (χ4n) is 0.138. The van der Waals surface area contributed by atoms with Gasteiger partial charge >= 0.3 is 0 Å². The van der Waals surface area contributed by atoms with Crippen LogP contribution in [-0.4, -0.2) is 0 Å². The van der Waals surface area contributed by atoms with Gasteiger partial charge in [-0.05, 0) is 0 Å². The van der Waals surface area contributed by atoms with Crippen LogP contribution in [0.4, 0.5) is 8.78 Å². The molecule has 0 aromatic rings. The number of hydrogen-bond acceptors (Lipinski definition) is 1. The fourth-order valence-corrected chi connectivity index (χ4v) is 0.227. The maximum absolute atomic E-state index is 11.7. The SMILES string of the molecule is FC(=CCl)OC(F)=CCl. The predicted octanol–water partition coefficient (Wildman–Crippen LogP) is 3.02. The molecule has 52 valence electrons. The first kappa shape index (κ1) is 8.72. The standard InChI is InChI=1S/C4H2Cl2F2O/c5-1-3(7)9-4(8)2-6/h1-2H. The molecule has 0 radical (unpaired) electrons. The van der Waals surface area contributed by atoms with Crippen LogP contribution in [0.2, 0.25) is 0 Å². The third-order valence-corrected chi connectivity index (χ3v) is 0.710. The highest BCUT2D eigenvalue weighted by atomic mass is 35.5. The van der Waals surface area contributed by atoms with Crippen molar-refractivity contribution < 1.29 is 13.5 Å². The van der Waals surface area contributed by atoms with Crippen LogP contribution in [0.15, 0.2) is 23.1 Å². The lowest BCUT2D eigenvalue weighted by Crippen LogP contribution is -1.79. The molecule has 0 unspecified atom stereocenters. The van der Waals surface area contributed by atoms with Crippen LogP contribution in [0.25, 0.3) is 0 Å². The molecule has 0 fully saturated rings. The quantitative estimate of drug-likeness (QED) is 0.586. The van der Waals surface area contributed by atoms with Crippen LogP contribution in [0.3, 0.4) is 0 Å². The molecule has 0 atom stereocenters. The number of rotatable bonds is 2. The Kier molecular flexibility index (Phi) is 4.44. The maximum Gasteiger partial charge on any atom is 0.291 e. The van der Waals surface area contributed by atoms with Crippen molar-refractivity contribution in [3.63, 3.8) is 0 Å². The second-order valence-electron chi connectivity index (χ2n) is 0.929. The minimum Gasteiger partial charge on any atom is -0.403 e. The van der Waals surface area contributed by atoms with Crippen molar-refractivity contribution in [3.8, 4) is 0 Å². The van der Waals surface area contributed by atoms with Gasteiger partial charge in [0, 0.05) is 0 Å². The van der Waals surface area contributed by atoms with E-state index in [2.05, 4.69) is 4.74 Å². The molecule has 0 amide bonds. The summed E-state index contributed by atoms with van der Waals surface area (Å²) in [7, 11) is 0. The van der Waals surface area contributed by atoms with Crippen molar-refractivity contribution in [1.82, 2.24) is 0 Å². The summed E-state index contributed by atoms with van der Waals surface area (Å²) in [5, 5.41) is 0. The summed E-state index contributed by atoms with van der Waals surface area (Å²) in [6, 6.07) is -2.49. The minimum atomic E-state index is -1.24. The zero-order valence-electron chi connectivity index (χ0n) is 4.07. The summed E-state index contributed by atoms with van der Waals surface area (Å²) in [5.41, 5.74) is 0.889. The van der Waals surface area contributed by atoms with Gasteiger partial charge in [0.2, 0.25) is 0 Å². The summed E-state index contributed by atoms with van der Waals surface area (Å²) < 4.78 is 27.1. The third kappa shape index (κ3) is 4.24. The van der Waals surface area contributed by atoms with Crippen LogP contribution < -0.4 is 0 Å². The van der Waals surface area contributed by atoms with E-state index in [0.29, 0.717) is 11.1 Å². The molecule has 0 heterocycles. The van der Waals surface area contributed by atoms with Gasteiger partial charge in [-0.3, -0.25) is 0 Å². The van der Waals surface area contributed by atoms with Gasteiger partial charge in [0.25, 0.3) is 12.0 Å². The summed E-state index contributed by atoms with van der Waals surface area (Å²) in [4.78, 5) is 0. The molecule has 9 heavy (non-hydrogen) atoms. The zero-order valence-corrected chi connectivity index (χ0v) is 5.59. The lowest BCUT2D eigenvalue weighted by Gasteiger charge is -1.93. The molecule has 0 N–H and O–H groups in total. The molecular weight excluding hydrogens is 173 g/mol. The van der Waals surface area contributed by atoms with E-state index in [4.69, 9.17) is 23.2 Å². The fraction of sp³-hybridized carbons (Fsp3) is 0. The third-order valence-electron chi connectivity index (χ3n) is 0.367. The highest BCUT2D eigenvalue weighted by Crippen LogP contribution is 2.10. The van der Waals surface area contributed by atoms with Crippen LogP contribution in [0.1, 0.15) is 0 Å². The van der Waals surface area contributed by atoms with E-state index in [9.17, 15) is 8.78 Å². The first-order chi connectivity index (χ1) is 4.20. The van der Waals surface area contributed by atoms with E-state index >= 15 is 0 Å². The topological polar surface area (TPSA) is 9.23 Å². The Balaban J connectivity index is 3.75. The largest absolute Gasteiger partial charge is 0.403 e. The van der Waals surface area contributed by atoms with Crippen molar-refractivity contribution in [2.75, 3.05) is 0 Å². The number of ether oxygens (including phenoxy) is 1. The molecule has 0 rings (SSSR count). The van der Waals surface area contributed by atoms with Gasteiger partial charge in [0.15, 0.2) is 0 Å². The van der Waals surface area contributed by atoms with E-state index in [1.54, 1.807) is 0 Å². The van der Waals surface area contributed by atoms with Gasteiger partial charge in [-0.2, -0.15) is 8.78 Å². The molecule has 0 saturated heterocycles. The van der Waals surface area contributed by atoms with Gasteiger partial charge in [-0.15, -0.1) is 0 Å². The van der Waals surface area contributed by atoms with Crippen LogP contribution in [-0.2, 0) is 4.74 Å². The van der Waals surface area contributed by atoms with Crippen molar-refractivity contribution in [2.24, 2.45) is 0 Å². The summed E-state index contributed by atoms with van der Waals surface area (Å²) in [5.74, 6) is 0. The van der Waals surface area contributed by atoms with Gasteiger partial charge in [-0.1, -0.05) is 23.2 Å². The first-order valence-corrected chi connectivity index (χ1v) is 2.67. The average molecular weight is 175 g/mol. The lowest BCUT2D eigenvalue weighted by molar-refractivity contribution is 0.157. The highest BCUT2D eigenvalue weighted by Gasteiger charge is 1.97.